The summed E-state index contributed by atoms with van der Waals surface area (Å²) < 4.78 is 26.3. The second-order valence-corrected chi connectivity index (χ2v) is 7.19. The molecule has 0 unspecified atom stereocenters. The molecule has 0 radical (unpaired) electrons. The van der Waals surface area contributed by atoms with E-state index in [2.05, 4.69) is 0 Å². The molecule has 4 nitrogen and oxygen atoms in total. The van der Waals surface area contributed by atoms with Crippen molar-refractivity contribution in [1.82, 2.24) is 0 Å². The van der Waals surface area contributed by atoms with Crippen molar-refractivity contribution in [3.8, 4) is 0 Å². The highest BCUT2D eigenvalue weighted by atomic mass is 35.5. The summed E-state index contributed by atoms with van der Waals surface area (Å²) in [5.74, 6) is 0. The van der Waals surface area contributed by atoms with Gasteiger partial charge in [-0.05, 0) is 30.3 Å². The van der Waals surface area contributed by atoms with Gasteiger partial charge in [0.05, 0.1) is 10.6 Å². The van der Waals surface area contributed by atoms with E-state index in [1.165, 1.54) is 23.5 Å². The first-order chi connectivity index (χ1) is 9.82. The molecule has 2 N–H and O–H groups in total. The van der Waals surface area contributed by atoms with Crippen LogP contribution in [0.2, 0.25) is 5.02 Å². The number of rotatable bonds is 4. The standard InChI is InChI=1S/C14H13ClN2O2S2/c1-17(12-6-2-4-10(8-12)14(16)20)21(18,19)13-7-3-5-11(15)9-13/h2-9H,1H3,(H2,16,20). The summed E-state index contributed by atoms with van der Waals surface area (Å²) in [6, 6.07) is 12.8. The van der Waals surface area contributed by atoms with E-state index in [-0.39, 0.29) is 9.88 Å². The Labute approximate surface area is 134 Å². The molecule has 7 heteroatoms. The van der Waals surface area contributed by atoms with Crippen LogP contribution in [-0.4, -0.2) is 20.5 Å². The maximum Gasteiger partial charge on any atom is 0.264 e. The lowest BCUT2D eigenvalue weighted by atomic mass is 10.2. The number of nitrogens with zero attached hydrogens (tertiary/aromatic N) is 1. The van der Waals surface area contributed by atoms with Gasteiger partial charge in [-0.3, -0.25) is 4.31 Å². The molecule has 0 saturated carbocycles. The number of benzene rings is 2. The second-order valence-electron chi connectivity index (χ2n) is 4.34. The minimum atomic E-state index is -3.69. The minimum absolute atomic E-state index is 0.123. The topological polar surface area (TPSA) is 63.4 Å². The van der Waals surface area contributed by atoms with Crippen LogP contribution >= 0.6 is 23.8 Å². The van der Waals surface area contributed by atoms with Gasteiger partial charge in [-0.2, -0.15) is 0 Å². The SMILES string of the molecule is CN(c1cccc(C(N)=S)c1)S(=O)(=O)c1cccc(Cl)c1. The van der Waals surface area contributed by atoms with Crippen molar-refractivity contribution in [2.24, 2.45) is 5.73 Å². The van der Waals surface area contributed by atoms with Crippen molar-refractivity contribution < 1.29 is 8.42 Å². The highest BCUT2D eigenvalue weighted by Crippen LogP contribution is 2.24. The van der Waals surface area contributed by atoms with Crippen molar-refractivity contribution in [3.63, 3.8) is 0 Å². The Hall–Kier alpha value is -1.63. The Balaban J connectivity index is 2.45. The van der Waals surface area contributed by atoms with Crippen molar-refractivity contribution in [1.29, 1.82) is 0 Å². The molecule has 0 aromatic heterocycles. The third-order valence-corrected chi connectivity index (χ3v) is 5.20. The quantitative estimate of drug-likeness (QED) is 0.869. The third-order valence-electron chi connectivity index (χ3n) is 2.95. The van der Waals surface area contributed by atoms with Gasteiger partial charge in [0.15, 0.2) is 0 Å². The summed E-state index contributed by atoms with van der Waals surface area (Å²) in [5, 5.41) is 0.362. The molecule has 2 rings (SSSR count). The van der Waals surface area contributed by atoms with Crippen LogP contribution in [0, 0.1) is 0 Å². The van der Waals surface area contributed by atoms with Crippen molar-refractivity contribution in [3.05, 3.63) is 59.1 Å². The molecular weight excluding hydrogens is 328 g/mol. The first-order valence-corrected chi connectivity index (χ1v) is 8.19. The maximum absolute atomic E-state index is 12.6. The predicted octanol–water partition coefficient (Wildman–Crippen LogP) is 2.80. The number of anilines is 1. The number of thiocarbonyl (C=S) groups is 1. The zero-order valence-electron chi connectivity index (χ0n) is 11.2. The first-order valence-electron chi connectivity index (χ1n) is 5.97. The summed E-state index contributed by atoms with van der Waals surface area (Å²) in [6.07, 6.45) is 0. The summed E-state index contributed by atoms with van der Waals surface area (Å²) in [7, 11) is -2.23. The van der Waals surface area contributed by atoms with Gasteiger partial charge in [-0.1, -0.05) is 42.0 Å². The fraction of sp³-hybridized carbons (Fsp3) is 0.0714. The molecule has 0 saturated heterocycles. The lowest BCUT2D eigenvalue weighted by molar-refractivity contribution is 0.594. The summed E-state index contributed by atoms with van der Waals surface area (Å²) in [4.78, 5) is 0.337. The van der Waals surface area contributed by atoms with Crippen molar-refractivity contribution >= 4 is 44.5 Å². The first kappa shape index (κ1) is 15.8. The zero-order valence-corrected chi connectivity index (χ0v) is 13.5. The number of halogens is 1. The van der Waals surface area contributed by atoms with Gasteiger partial charge in [0.25, 0.3) is 10.0 Å². The maximum atomic E-state index is 12.6. The van der Waals surface area contributed by atoms with Crippen LogP contribution in [0.4, 0.5) is 5.69 Å². The number of sulfonamides is 1. The van der Waals surface area contributed by atoms with Gasteiger partial charge in [0.2, 0.25) is 0 Å². The number of hydrogen-bond donors (Lipinski definition) is 1. The lowest BCUT2D eigenvalue weighted by Gasteiger charge is -2.20. The number of hydrogen-bond acceptors (Lipinski definition) is 3. The molecule has 21 heavy (non-hydrogen) atoms. The van der Waals surface area contributed by atoms with Crippen LogP contribution in [0.15, 0.2) is 53.4 Å². The average molecular weight is 341 g/mol. The molecular formula is C14H13ClN2O2S2. The van der Waals surface area contributed by atoms with Crippen LogP contribution in [0.3, 0.4) is 0 Å². The predicted molar refractivity (Wildman–Crippen MR) is 89.4 cm³/mol. The molecule has 0 spiro atoms. The molecule has 0 aliphatic rings. The average Bonchev–Trinajstić information content (AvgIpc) is 2.46. The van der Waals surface area contributed by atoms with Crippen LogP contribution < -0.4 is 10.0 Å². The van der Waals surface area contributed by atoms with Crippen LogP contribution in [-0.2, 0) is 10.0 Å². The molecule has 2 aromatic rings. The van der Waals surface area contributed by atoms with Gasteiger partial charge in [-0.25, -0.2) is 8.42 Å². The van der Waals surface area contributed by atoms with Gasteiger partial charge in [0.1, 0.15) is 4.99 Å². The summed E-state index contributed by atoms with van der Waals surface area (Å²) in [5.41, 5.74) is 6.65. The van der Waals surface area contributed by atoms with Gasteiger partial charge in [0, 0.05) is 17.6 Å². The fourth-order valence-electron chi connectivity index (χ4n) is 1.78. The van der Waals surface area contributed by atoms with Crippen LogP contribution in [0.1, 0.15) is 5.56 Å². The molecule has 0 fully saturated rings. The Morgan fingerprint density at radius 1 is 1.19 bits per heavy atom. The summed E-state index contributed by atoms with van der Waals surface area (Å²) >= 11 is 10.8. The van der Waals surface area contributed by atoms with Crippen LogP contribution in [0.5, 0.6) is 0 Å². The van der Waals surface area contributed by atoms with E-state index in [4.69, 9.17) is 29.6 Å². The van der Waals surface area contributed by atoms with Crippen molar-refractivity contribution in [2.45, 2.75) is 4.90 Å². The normalized spacial score (nSPS) is 11.1. The van der Waals surface area contributed by atoms with Gasteiger partial charge in [-0.15, -0.1) is 0 Å². The smallest absolute Gasteiger partial charge is 0.264 e. The zero-order chi connectivity index (χ0) is 15.6. The molecule has 0 bridgehead atoms. The van der Waals surface area contributed by atoms with E-state index in [0.29, 0.717) is 16.3 Å². The third kappa shape index (κ3) is 3.34. The van der Waals surface area contributed by atoms with E-state index < -0.39 is 10.0 Å². The molecule has 0 amide bonds. The van der Waals surface area contributed by atoms with Gasteiger partial charge < -0.3 is 5.73 Å². The largest absolute Gasteiger partial charge is 0.389 e. The number of nitrogens with two attached hydrogens (primary N) is 1. The van der Waals surface area contributed by atoms with E-state index in [1.807, 2.05) is 0 Å². The lowest BCUT2D eigenvalue weighted by Crippen LogP contribution is -2.26. The van der Waals surface area contributed by atoms with E-state index in [9.17, 15) is 8.42 Å². The Kier molecular flexibility index (Phi) is 4.51. The second kappa shape index (κ2) is 6.01. The Morgan fingerprint density at radius 2 is 1.86 bits per heavy atom. The Bertz CT molecular complexity index is 791. The molecule has 0 atom stereocenters. The Morgan fingerprint density at radius 3 is 2.48 bits per heavy atom. The van der Waals surface area contributed by atoms with E-state index >= 15 is 0 Å². The summed E-state index contributed by atoms with van der Waals surface area (Å²) in [6.45, 7) is 0. The molecule has 2 aromatic carbocycles. The van der Waals surface area contributed by atoms with Crippen molar-refractivity contribution in [2.75, 3.05) is 11.4 Å². The monoisotopic (exact) mass is 340 g/mol. The van der Waals surface area contributed by atoms with Gasteiger partial charge >= 0.3 is 0 Å². The minimum Gasteiger partial charge on any atom is -0.389 e. The molecule has 0 aliphatic heterocycles. The fourth-order valence-corrected chi connectivity index (χ4v) is 3.40. The highest BCUT2D eigenvalue weighted by molar-refractivity contribution is 7.92. The molecule has 0 aliphatic carbocycles. The van der Waals surface area contributed by atoms with E-state index in [1.54, 1.807) is 36.4 Å². The van der Waals surface area contributed by atoms with Crippen LogP contribution in [0.25, 0.3) is 0 Å². The molecule has 0 heterocycles. The highest BCUT2D eigenvalue weighted by Gasteiger charge is 2.21. The van der Waals surface area contributed by atoms with E-state index in [0.717, 1.165) is 0 Å². The molecule has 110 valence electrons.